The number of thiocarbonyl (C=S) groups is 1. The van der Waals surface area contributed by atoms with Gasteiger partial charge in [0.05, 0.1) is 0 Å². The molecule has 1 saturated carbocycles. The van der Waals surface area contributed by atoms with Gasteiger partial charge in [-0.25, -0.2) is 0 Å². The molecular weight excluding hydrogens is 284 g/mol. The van der Waals surface area contributed by atoms with Crippen LogP contribution in [0.15, 0.2) is 22.7 Å². The summed E-state index contributed by atoms with van der Waals surface area (Å²) in [4.78, 5) is 0.430. The van der Waals surface area contributed by atoms with Crippen LogP contribution < -0.4 is 11.1 Å². The smallest absolute Gasteiger partial charge is 0.105 e. The second-order valence-corrected chi connectivity index (χ2v) is 5.48. The highest BCUT2D eigenvalue weighted by Gasteiger charge is 2.14. The Morgan fingerprint density at radius 2 is 2.06 bits per heavy atom. The lowest BCUT2D eigenvalue weighted by molar-refractivity contribution is 0.755. The maximum atomic E-state index is 5.61. The lowest BCUT2D eigenvalue weighted by Gasteiger charge is -2.14. The van der Waals surface area contributed by atoms with Crippen LogP contribution in [-0.4, -0.2) is 11.0 Å². The average molecular weight is 299 g/mol. The highest BCUT2D eigenvalue weighted by atomic mass is 79.9. The van der Waals surface area contributed by atoms with E-state index in [9.17, 15) is 0 Å². The molecule has 3 N–H and O–H groups in total. The maximum absolute atomic E-state index is 5.61. The van der Waals surface area contributed by atoms with Crippen molar-refractivity contribution in [2.24, 2.45) is 5.73 Å². The van der Waals surface area contributed by atoms with E-state index in [1.165, 1.54) is 25.7 Å². The van der Waals surface area contributed by atoms with Gasteiger partial charge in [0.15, 0.2) is 0 Å². The largest absolute Gasteiger partial charge is 0.389 e. The zero-order chi connectivity index (χ0) is 11.5. The summed E-state index contributed by atoms with van der Waals surface area (Å²) in [6.45, 7) is 0. The molecule has 1 aliphatic carbocycles. The van der Waals surface area contributed by atoms with Crippen LogP contribution in [0.5, 0.6) is 0 Å². The lowest BCUT2D eigenvalue weighted by Crippen LogP contribution is -2.15. The Balaban J connectivity index is 2.11. The molecular formula is C12H15BrN2S. The van der Waals surface area contributed by atoms with Gasteiger partial charge >= 0.3 is 0 Å². The molecule has 0 radical (unpaired) electrons. The van der Waals surface area contributed by atoms with Crippen LogP contribution in [0.2, 0.25) is 0 Å². The zero-order valence-corrected chi connectivity index (χ0v) is 11.4. The van der Waals surface area contributed by atoms with E-state index >= 15 is 0 Å². The monoisotopic (exact) mass is 298 g/mol. The summed E-state index contributed by atoms with van der Waals surface area (Å²) < 4.78 is 0.961. The number of halogens is 1. The fourth-order valence-corrected chi connectivity index (χ4v) is 3.01. The van der Waals surface area contributed by atoms with Crippen LogP contribution in [0.1, 0.15) is 31.2 Å². The van der Waals surface area contributed by atoms with Gasteiger partial charge in [-0.3, -0.25) is 0 Å². The third-order valence-corrected chi connectivity index (χ3v) is 3.84. The molecule has 0 bridgehead atoms. The molecule has 0 aromatic heterocycles. The zero-order valence-electron chi connectivity index (χ0n) is 9.00. The normalized spacial score (nSPS) is 16.3. The van der Waals surface area contributed by atoms with Gasteiger partial charge in [0.25, 0.3) is 0 Å². The second kappa shape index (κ2) is 5.15. The van der Waals surface area contributed by atoms with E-state index in [1.54, 1.807) is 0 Å². The predicted molar refractivity (Wildman–Crippen MR) is 75.9 cm³/mol. The van der Waals surface area contributed by atoms with Crippen molar-refractivity contribution in [2.75, 3.05) is 5.32 Å². The first-order chi connectivity index (χ1) is 7.66. The summed E-state index contributed by atoms with van der Waals surface area (Å²) in [7, 11) is 0. The van der Waals surface area contributed by atoms with E-state index < -0.39 is 0 Å². The van der Waals surface area contributed by atoms with Gasteiger partial charge in [0, 0.05) is 21.8 Å². The first-order valence-corrected chi connectivity index (χ1v) is 6.73. The van der Waals surface area contributed by atoms with Crippen LogP contribution in [-0.2, 0) is 0 Å². The van der Waals surface area contributed by atoms with Crippen LogP contribution in [0, 0.1) is 0 Å². The first-order valence-electron chi connectivity index (χ1n) is 5.52. The molecule has 1 aliphatic rings. The van der Waals surface area contributed by atoms with Gasteiger partial charge in [-0.2, -0.15) is 0 Å². The van der Waals surface area contributed by atoms with Crippen LogP contribution in [0.25, 0.3) is 0 Å². The van der Waals surface area contributed by atoms with E-state index in [2.05, 4.69) is 21.2 Å². The Hall–Kier alpha value is -0.610. The molecule has 4 heteroatoms. The lowest BCUT2D eigenvalue weighted by atomic mass is 10.2. The number of nitrogens with two attached hydrogens (primary N) is 1. The van der Waals surface area contributed by atoms with Gasteiger partial charge in [-0.1, -0.05) is 25.1 Å². The Bertz CT molecular complexity index is 400. The third-order valence-electron chi connectivity index (χ3n) is 2.96. The quantitative estimate of drug-likeness (QED) is 0.840. The molecule has 0 saturated heterocycles. The predicted octanol–water partition coefficient (Wildman–Crippen LogP) is 3.44. The molecule has 0 atom stereocenters. The first kappa shape index (κ1) is 11.9. The van der Waals surface area contributed by atoms with Gasteiger partial charge in [-0.05, 0) is 47.0 Å². The molecule has 86 valence electrons. The second-order valence-electron chi connectivity index (χ2n) is 4.18. The molecule has 16 heavy (non-hydrogen) atoms. The number of benzene rings is 1. The molecule has 2 rings (SSSR count). The van der Waals surface area contributed by atoms with Crippen molar-refractivity contribution in [2.45, 2.75) is 31.7 Å². The minimum absolute atomic E-state index is 0.430. The van der Waals surface area contributed by atoms with Crippen molar-refractivity contribution in [1.29, 1.82) is 0 Å². The third kappa shape index (κ3) is 2.74. The maximum Gasteiger partial charge on any atom is 0.105 e. The Morgan fingerprint density at radius 1 is 1.38 bits per heavy atom. The van der Waals surface area contributed by atoms with Gasteiger partial charge < -0.3 is 11.1 Å². The minimum Gasteiger partial charge on any atom is -0.389 e. The molecule has 1 aromatic carbocycles. The topological polar surface area (TPSA) is 38.0 Å². The average Bonchev–Trinajstić information content (AvgIpc) is 2.70. The van der Waals surface area contributed by atoms with Crippen LogP contribution in [0.4, 0.5) is 5.69 Å². The molecule has 0 unspecified atom stereocenters. The van der Waals surface area contributed by atoms with Gasteiger partial charge in [0.1, 0.15) is 4.99 Å². The number of anilines is 1. The molecule has 0 heterocycles. The molecule has 0 spiro atoms. The van der Waals surface area contributed by atoms with Crippen molar-refractivity contribution in [1.82, 2.24) is 0 Å². The SMILES string of the molecule is NC(=S)c1ccc(NC2CCCC2)cc1Br. The van der Waals surface area contributed by atoms with Crippen LogP contribution >= 0.6 is 28.1 Å². The highest BCUT2D eigenvalue weighted by molar-refractivity contribution is 9.10. The van der Waals surface area contributed by atoms with Crippen molar-refractivity contribution in [3.05, 3.63) is 28.2 Å². The highest BCUT2D eigenvalue weighted by Crippen LogP contribution is 2.26. The van der Waals surface area contributed by atoms with Crippen LogP contribution in [0.3, 0.4) is 0 Å². The van der Waals surface area contributed by atoms with Gasteiger partial charge in [0.2, 0.25) is 0 Å². The van der Waals surface area contributed by atoms with Crippen molar-refractivity contribution in [3.63, 3.8) is 0 Å². The van der Waals surface area contributed by atoms with E-state index in [-0.39, 0.29) is 0 Å². The van der Waals surface area contributed by atoms with Crippen molar-refractivity contribution < 1.29 is 0 Å². The Kier molecular flexibility index (Phi) is 3.82. The van der Waals surface area contributed by atoms with Crippen molar-refractivity contribution in [3.8, 4) is 0 Å². The van der Waals surface area contributed by atoms with E-state index in [0.717, 1.165) is 15.7 Å². The molecule has 1 aromatic rings. The van der Waals surface area contributed by atoms with Gasteiger partial charge in [-0.15, -0.1) is 0 Å². The Labute approximate surface area is 110 Å². The summed E-state index contributed by atoms with van der Waals surface area (Å²) in [5, 5.41) is 3.53. The summed E-state index contributed by atoms with van der Waals surface area (Å²) in [6.07, 6.45) is 5.22. The summed E-state index contributed by atoms with van der Waals surface area (Å²) in [5.41, 5.74) is 7.64. The number of rotatable bonds is 3. The summed E-state index contributed by atoms with van der Waals surface area (Å²) in [6, 6.07) is 6.68. The molecule has 0 aliphatic heterocycles. The molecule has 2 nitrogen and oxygen atoms in total. The Morgan fingerprint density at radius 3 is 2.62 bits per heavy atom. The van der Waals surface area contributed by atoms with E-state index in [4.69, 9.17) is 18.0 Å². The van der Waals surface area contributed by atoms with Crippen molar-refractivity contribution >= 4 is 38.8 Å². The number of nitrogens with one attached hydrogen (secondary N) is 1. The number of hydrogen-bond acceptors (Lipinski definition) is 2. The standard InChI is InChI=1S/C12H15BrN2S/c13-11-7-9(5-6-10(11)12(14)16)15-8-3-1-2-4-8/h5-8,15H,1-4H2,(H2,14,16). The van der Waals surface area contributed by atoms with E-state index in [1.807, 2.05) is 18.2 Å². The summed E-state index contributed by atoms with van der Waals surface area (Å²) in [5.74, 6) is 0. The number of hydrogen-bond donors (Lipinski definition) is 2. The summed E-state index contributed by atoms with van der Waals surface area (Å²) >= 11 is 8.45. The fourth-order valence-electron chi connectivity index (χ4n) is 2.11. The minimum atomic E-state index is 0.430. The fraction of sp³-hybridized carbons (Fsp3) is 0.417. The molecule has 1 fully saturated rings. The van der Waals surface area contributed by atoms with E-state index in [0.29, 0.717) is 11.0 Å². The molecule has 0 amide bonds.